The molecule has 0 unspecified atom stereocenters. The molecule has 1 aliphatic heterocycles. The minimum Gasteiger partial charge on any atom is -0.486 e. The second-order valence-corrected chi connectivity index (χ2v) is 4.16. The number of oxime groups is 1. The van der Waals surface area contributed by atoms with E-state index in [2.05, 4.69) is 21.1 Å². The van der Waals surface area contributed by atoms with Gasteiger partial charge in [-0.2, -0.15) is 0 Å². The number of fused-ring (bicyclic) bond motifs is 1. The van der Waals surface area contributed by atoms with Crippen LogP contribution in [0.1, 0.15) is 0 Å². The summed E-state index contributed by atoms with van der Waals surface area (Å²) >= 11 is 3.34. The summed E-state index contributed by atoms with van der Waals surface area (Å²) in [6.45, 7) is 1.03. The lowest BCUT2D eigenvalue weighted by atomic mass is 10.3. The van der Waals surface area contributed by atoms with Crippen molar-refractivity contribution in [2.45, 2.75) is 0 Å². The van der Waals surface area contributed by atoms with E-state index in [1.807, 2.05) is 0 Å². The fourth-order valence-electron chi connectivity index (χ4n) is 1.34. The van der Waals surface area contributed by atoms with Gasteiger partial charge in [0.2, 0.25) is 0 Å². The van der Waals surface area contributed by atoms with Gasteiger partial charge in [-0.3, -0.25) is 0 Å². The Kier molecular flexibility index (Phi) is 3.58. The van der Waals surface area contributed by atoms with Crippen LogP contribution in [-0.4, -0.2) is 30.9 Å². The van der Waals surface area contributed by atoms with Gasteiger partial charge in [-0.15, -0.1) is 0 Å². The van der Waals surface area contributed by atoms with E-state index >= 15 is 0 Å². The summed E-state index contributed by atoms with van der Waals surface area (Å²) < 4.78 is 16.9. The Bertz CT molecular complexity index is 450. The van der Waals surface area contributed by atoms with Crippen molar-refractivity contribution in [1.29, 1.82) is 0 Å². The topological polar surface area (TPSA) is 86.3 Å². The van der Waals surface area contributed by atoms with E-state index in [4.69, 9.17) is 25.2 Å². The van der Waals surface area contributed by atoms with E-state index in [-0.39, 0.29) is 12.4 Å². The molecule has 0 aliphatic carbocycles. The number of hydrogen-bond donors (Lipinski definition) is 2. The van der Waals surface area contributed by atoms with E-state index in [1.165, 1.54) is 0 Å². The van der Waals surface area contributed by atoms with Crippen LogP contribution >= 0.6 is 15.9 Å². The van der Waals surface area contributed by atoms with Crippen LogP contribution in [0.5, 0.6) is 17.2 Å². The average Bonchev–Trinajstić information content (AvgIpc) is 2.35. The third-order valence-corrected chi connectivity index (χ3v) is 2.72. The van der Waals surface area contributed by atoms with Crippen LogP contribution in [-0.2, 0) is 0 Å². The Morgan fingerprint density at radius 2 is 2.06 bits per heavy atom. The van der Waals surface area contributed by atoms with Crippen LogP contribution in [0.2, 0.25) is 0 Å². The Balaban J connectivity index is 2.17. The third kappa shape index (κ3) is 2.73. The number of amidine groups is 1. The largest absolute Gasteiger partial charge is 0.486 e. The molecule has 17 heavy (non-hydrogen) atoms. The maximum Gasteiger partial charge on any atom is 0.177 e. The lowest BCUT2D eigenvalue weighted by Crippen LogP contribution is -2.21. The van der Waals surface area contributed by atoms with E-state index in [1.54, 1.807) is 12.1 Å². The monoisotopic (exact) mass is 302 g/mol. The van der Waals surface area contributed by atoms with Crippen LogP contribution in [0.3, 0.4) is 0 Å². The van der Waals surface area contributed by atoms with Crippen molar-refractivity contribution >= 4 is 21.8 Å². The third-order valence-electron chi connectivity index (χ3n) is 2.10. The molecule has 0 atom stereocenters. The highest BCUT2D eigenvalue weighted by Gasteiger charge is 2.15. The van der Waals surface area contributed by atoms with Crippen molar-refractivity contribution < 1.29 is 19.4 Å². The summed E-state index contributed by atoms with van der Waals surface area (Å²) in [6, 6.07) is 3.46. The zero-order valence-electron chi connectivity index (χ0n) is 8.85. The van der Waals surface area contributed by atoms with Crippen molar-refractivity contribution in [1.82, 2.24) is 0 Å². The van der Waals surface area contributed by atoms with Gasteiger partial charge in [-0.25, -0.2) is 0 Å². The van der Waals surface area contributed by atoms with Gasteiger partial charge in [0, 0.05) is 12.1 Å². The highest BCUT2D eigenvalue weighted by molar-refractivity contribution is 9.10. The molecule has 1 aliphatic rings. The molecule has 0 fully saturated rings. The van der Waals surface area contributed by atoms with Gasteiger partial charge < -0.3 is 25.2 Å². The normalized spacial score (nSPS) is 14.5. The van der Waals surface area contributed by atoms with Crippen LogP contribution in [0.4, 0.5) is 0 Å². The summed E-state index contributed by atoms with van der Waals surface area (Å²) in [5.41, 5.74) is 5.31. The molecule has 0 bridgehead atoms. The number of nitrogens with zero attached hydrogens (tertiary/aromatic N) is 1. The second kappa shape index (κ2) is 5.13. The lowest BCUT2D eigenvalue weighted by Gasteiger charge is -2.19. The van der Waals surface area contributed by atoms with Crippen LogP contribution < -0.4 is 19.9 Å². The summed E-state index contributed by atoms with van der Waals surface area (Å²) in [5.74, 6) is 1.82. The summed E-state index contributed by atoms with van der Waals surface area (Å²) in [7, 11) is 0. The van der Waals surface area contributed by atoms with E-state index < -0.39 is 0 Å². The Morgan fingerprint density at radius 3 is 2.71 bits per heavy atom. The molecule has 1 heterocycles. The Labute approximate surface area is 106 Å². The fraction of sp³-hybridized carbons (Fsp3) is 0.300. The predicted molar refractivity (Wildman–Crippen MR) is 64.0 cm³/mol. The quantitative estimate of drug-likeness (QED) is 0.381. The Hall–Kier alpha value is -1.63. The minimum absolute atomic E-state index is 0.00521. The standard InChI is InChI=1S/C10H11BrN2O4/c11-6-3-8-9(16-2-1-15-8)4-7(6)17-5-10(12)13-14/h3-4,14H,1-2,5H2,(H2,12,13). The van der Waals surface area contributed by atoms with E-state index in [9.17, 15) is 0 Å². The molecule has 0 radical (unpaired) electrons. The number of benzene rings is 1. The number of nitrogens with two attached hydrogens (primary N) is 1. The first-order valence-electron chi connectivity index (χ1n) is 4.89. The SMILES string of the molecule is N/C(COc1cc2c(cc1Br)OCCO2)=N\O. The molecule has 0 saturated carbocycles. The van der Waals surface area contributed by atoms with Crippen LogP contribution in [0.15, 0.2) is 21.8 Å². The molecular formula is C10H11BrN2O4. The molecule has 0 spiro atoms. The highest BCUT2D eigenvalue weighted by atomic mass is 79.9. The molecule has 6 nitrogen and oxygen atoms in total. The zero-order valence-corrected chi connectivity index (χ0v) is 10.4. The number of hydrogen-bond acceptors (Lipinski definition) is 5. The predicted octanol–water partition coefficient (Wildman–Crippen LogP) is 1.35. The number of halogens is 1. The molecule has 0 amide bonds. The van der Waals surface area contributed by atoms with Gasteiger partial charge >= 0.3 is 0 Å². The Morgan fingerprint density at radius 1 is 1.41 bits per heavy atom. The van der Waals surface area contributed by atoms with Crippen molar-refractivity contribution in [2.75, 3.05) is 19.8 Å². The summed E-state index contributed by atoms with van der Waals surface area (Å²) in [4.78, 5) is 0. The van der Waals surface area contributed by atoms with E-state index in [0.717, 1.165) is 0 Å². The number of rotatable bonds is 3. The van der Waals surface area contributed by atoms with Gasteiger partial charge in [0.25, 0.3) is 0 Å². The average molecular weight is 303 g/mol. The first-order valence-corrected chi connectivity index (χ1v) is 5.68. The zero-order chi connectivity index (χ0) is 12.3. The minimum atomic E-state index is -0.00760. The number of ether oxygens (including phenoxy) is 3. The molecule has 1 aromatic carbocycles. The van der Waals surface area contributed by atoms with Crippen molar-refractivity contribution in [3.05, 3.63) is 16.6 Å². The first kappa shape index (κ1) is 11.8. The van der Waals surface area contributed by atoms with Crippen molar-refractivity contribution in [3.63, 3.8) is 0 Å². The van der Waals surface area contributed by atoms with Crippen LogP contribution in [0, 0.1) is 0 Å². The molecule has 92 valence electrons. The van der Waals surface area contributed by atoms with Crippen molar-refractivity contribution in [3.8, 4) is 17.2 Å². The maximum absolute atomic E-state index is 8.40. The van der Waals surface area contributed by atoms with Gasteiger partial charge in [0.15, 0.2) is 17.3 Å². The van der Waals surface area contributed by atoms with E-state index in [0.29, 0.717) is 34.9 Å². The maximum atomic E-state index is 8.40. The smallest absolute Gasteiger partial charge is 0.177 e. The van der Waals surface area contributed by atoms with Gasteiger partial charge in [0.1, 0.15) is 25.6 Å². The molecule has 7 heteroatoms. The lowest BCUT2D eigenvalue weighted by molar-refractivity contribution is 0.170. The summed E-state index contributed by atoms with van der Waals surface area (Å²) in [5, 5.41) is 11.2. The molecule has 1 aromatic rings. The van der Waals surface area contributed by atoms with Gasteiger partial charge in [0.05, 0.1) is 4.47 Å². The molecule has 3 N–H and O–H groups in total. The fourth-order valence-corrected chi connectivity index (χ4v) is 1.77. The molecular weight excluding hydrogens is 292 g/mol. The van der Waals surface area contributed by atoms with Gasteiger partial charge in [-0.1, -0.05) is 5.16 Å². The molecule has 0 saturated heterocycles. The second-order valence-electron chi connectivity index (χ2n) is 3.31. The van der Waals surface area contributed by atoms with Crippen molar-refractivity contribution in [2.24, 2.45) is 10.9 Å². The first-order chi connectivity index (χ1) is 8.20. The molecule has 2 rings (SSSR count). The molecule has 0 aromatic heterocycles. The summed E-state index contributed by atoms with van der Waals surface area (Å²) in [6.07, 6.45) is 0. The van der Waals surface area contributed by atoms with Gasteiger partial charge in [-0.05, 0) is 15.9 Å². The highest BCUT2D eigenvalue weighted by Crippen LogP contribution is 2.39. The van der Waals surface area contributed by atoms with Crippen LogP contribution in [0.25, 0.3) is 0 Å².